The summed E-state index contributed by atoms with van der Waals surface area (Å²) in [6.07, 6.45) is 3.13. The predicted molar refractivity (Wildman–Crippen MR) is 131 cm³/mol. The number of nitrogens with one attached hydrogen (secondary N) is 1. The summed E-state index contributed by atoms with van der Waals surface area (Å²) < 4.78 is 5.80. The summed E-state index contributed by atoms with van der Waals surface area (Å²) in [5, 5.41) is 4.06. The molecular formula is C24H24Cl3N3O2. The van der Waals surface area contributed by atoms with E-state index >= 15 is 0 Å². The summed E-state index contributed by atoms with van der Waals surface area (Å²) in [6.45, 7) is 2.11. The maximum atomic E-state index is 12.9. The Kier molecular flexibility index (Phi) is 8.01. The Morgan fingerprint density at radius 3 is 2.34 bits per heavy atom. The molecule has 1 fully saturated rings. The van der Waals surface area contributed by atoms with Crippen LogP contribution in [0.3, 0.4) is 0 Å². The summed E-state index contributed by atoms with van der Waals surface area (Å²) in [4.78, 5) is 18.8. The van der Waals surface area contributed by atoms with Crippen molar-refractivity contribution in [3.05, 3.63) is 88.7 Å². The van der Waals surface area contributed by atoms with Crippen molar-refractivity contribution in [3.8, 4) is 11.1 Å². The summed E-state index contributed by atoms with van der Waals surface area (Å²) >= 11 is 6.31. The lowest BCUT2D eigenvalue weighted by Gasteiger charge is -2.33. The van der Waals surface area contributed by atoms with Crippen LogP contribution >= 0.6 is 36.4 Å². The second-order valence-corrected chi connectivity index (χ2v) is 8.06. The van der Waals surface area contributed by atoms with Crippen molar-refractivity contribution in [2.45, 2.75) is 12.0 Å². The molecule has 1 saturated heterocycles. The smallest absolute Gasteiger partial charge is 0.409 e. The highest BCUT2D eigenvalue weighted by Crippen LogP contribution is 2.44. The van der Waals surface area contributed by atoms with Crippen LogP contribution in [-0.2, 0) is 4.74 Å². The fourth-order valence-corrected chi connectivity index (χ4v) is 4.69. The van der Waals surface area contributed by atoms with Gasteiger partial charge in [-0.3, -0.25) is 4.98 Å². The summed E-state index contributed by atoms with van der Waals surface area (Å²) in [5.41, 5.74) is 5.78. The Morgan fingerprint density at radius 1 is 1.03 bits per heavy atom. The van der Waals surface area contributed by atoms with Crippen LogP contribution in [0.2, 0.25) is 5.02 Å². The molecule has 1 unspecified atom stereocenters. The summed E-state index contributed by atoms with van der Waals surface area (Å²) in [5.74, 6) is 0.0628. The highest BCUT2D eigenvalue weighted by atomic mass is 35.5. The normalized spacial score (nSPS) is 16.9. The zero-order valence-corrected chi connectivity index (χ0v) is 19.6. The molecule has 1 amide bonds. The molecule has 0 radical (unpaired) electrons. The van der Waals surface area contributed by atoms with Gasteiger partial charge in [0.1, 0.15) is 6.61 Å². The van der Waals surface area contributed by atoms with Crippen LogP contribution in [0.5, 0.6) is 0 Å². The number of pyridine rings is 1. The minimum Gasteiger partial charge on any atom is -0.448 e. The van der Waals surface area contributed by atoms with E-state index in [1.807, 2.05) is 12.1 Å². The fourth-order valence-electron chi connectivity index (χ4n) is 4.46. The molecule has 1 aromatic heterocycles. The van der Waals surface area contributed by atoms with Crippen LogP contribution in [0.4, 0.5) is 4.79 Å². The number of fused-ring (bicyclic) bond motifs is 3. The molecule has 1 aliphatic carbocycles. The molecule has 3 aromatic rings. The van der Waals surface area contributed by atoms with Gasteiger partial charge in [-0.15, -0.1) is 24.8 Å². The van der Waals surface area contributed by atoms with E-state index in [2.05, 4.69) is 46.7 Å². The minimum atomic E-state index is -0.289. The lowest BCUT2D eigenvalue weighted by molar-refractivity contribution is 0.0883. The molecule has 2 heterocycles. The maximum Gasteiger partial charge on any atom is 0.409 e. The van der Waals surface area contributed by atoms with Crippen LogP contribution in [-0.4, -0.2) is 42.2 Å². The molecule has 1 aliphatic heterocycles. The molecule has 168 valence electrons. The SMILES string of the molecule is Cl.Cl.O=C(OCC1c2ccccc2-c2ccccc21)N1CCNC(c2cnccc2Cl)C1. The number of ether oxygens (including phenoxy) is 1. The average Bonchev–Trinajstić information content (AvgIpc) is 3.12. The van der Waals surface area contributed by atoms with Crippen LogP contribution in [0.15, 0.2) is 67.0 Å². The summed E-state index contributed by atoms with van der Waals surface area (Å²) in [7, 11) is 0. The second kappa shape index (κ2) is 10.5. The molecule has 2 aliphatic rings. The monoisotopic (exact) mass is 491 g/mol. The Bertz CT molecular complexity index is 1050. The van der Waals surface area contributed by atoms with Gasteiger partial charge in [0, 0.05) is 48.5 Å². The third kappa shape index (κ3) is 4.57. The van der Waals surface area contributed by atoms with E-state index < -0.39 is 0 Å². The molecule has 0 saturated carbocycles. The van der Waals surface area contributed by atoms with Crippen molar-refractivity contribution in [1.29, 1.82) is 0 Å². The van der Waals surface area contributed by atoms with Gasteiger partial charge in [0.15, 0.2) is 0 Å². The highest BCUT2D eigenvalue weighted by Gasteiger charge is 2.31. The number of aromatic nitrogens is 1. The Balaban J connectivity index is 0.00000144. The number of hydrogen-bond acceptors (Lipinski definition) is 4. The van der Waals surface area contributed by atoms with E-state index in [4.69, 9.17) is 16.3 Å². The largest absolute Gasteiger partial charge is 0.448 e. The molecule has 0 bridgehead atoms. The molecule has 8 heteroatoms. The molecule has 5 rings (SSSR count). The van der Waals surface area contributed by atoms with Gasteiger partial charge in [0.05, 0.1) is 6.04 Å². The van der Waals surface area contributed by atoms with Gasteiger partial charge < -0.3 is 15.0 Å². The van der Waals surface area contributed by atoms with Crippen molar-refractivity contribution in [2.75, 3.05) is 26.2 Å². The van der Waals surface area contributed by atoms with E-state index in [1.165, 1.54) is 22.3 Å². The van der Waals surface area contributed by atoms with E-state index in [1.54, 1.807) is 23.4 Å². The van der Waals surface area contributed by atoms with Crippen LogP contribution < -0.4 is 5.32 Å². The van der Waals surface area contributed by atoms with Gasteiger partial charge in [-0.1, -0.05) is 60.1 Å². The van der Waals surface area contributed by atoms with E-state index in [0.717, 1.165) is 5.56 Å². The Morgan fingerprint density at radius 2 is 1.69 bits per heavy atom. The number of carbonyl (C=O) groups is 1. The number of hydrogen-bond donors (Lipinski definition) is 1. The zero-order valence-electron chi connectivity index (χ0n) is 17.2. The van der Waals surface area contributed by atoms with Crippen LogP contribution in [0.1, 0.15) is 28.7 Å². The lowest BCUT2D eigenvalue weighted by atomic mass is 9.98. The third-order valence-corrected chi connectivity index (χ3v) is 6.29. The number of benzene rings is 2. The number of carbonyl (C=O) groups excluding carboxylic acids is 1. The van der Waals surface area contributed by atoms with Crippen molar-refractivity contribution < 1.29 is 9.53 Å². The molecule has 1 atom stereocenters. The molecule has 0 spiro atoms. The van der Waals surface area contributed by atoms with Crippen molar-refractivity contribution >= 4 is 42.5 Å². The predicted octanol–water partition coefficient (Wildman–Crippen LogP) is 5.47. The third-order valence-electron chi connectivity index (χ3n) is 5.94. The number of rotatable bonds is 3. The van der Waals surface area contributed by atoms with Gasteiger partial charge in [-0.25, -0.2) is 4.79 Å². The van der Waals surface area contributed by atoms with E-state index in [9.17, 15) is 4.79 Å². The summed E-state index contributed by atoms with van der Waals surface area (Å²) in [6, 6.07) is 18.4. The van der Waals surface area contributed by atoms with Crippen molar-refractivity contribution in [2.24, 2.45) is 0 Å². The number of halogens is 3. The van der Waals surface area contributed by atoms with Crippen molar-refractivity contribution in [1.82, 2.24) is 15.2 Å². The minimum absolute atomic E-state index is 0. The quantitative estimate of drug-likeness (QED) is 0.526. The molecule has 2 aromatic carbocycles. The van der Waals surface area contributed by atoms with E-state index in [0.29, 0.717) is 31.3 Å². The van der Waals surface area contributed by atoms with Crippen LogP contribution in [0.25, 0.3) is 11.1 Å². The first-order valence-corrected chi connectivity index (χ1v) is 10.5. The lowest BCUT2D eigenvalue weighted by Crippen LogP contribution is -2.48. The molecule has 5 nitrogen and oxygen atoms in total. The second-order valence-electron chi connectivity index (χ2n) is 7.65. The highest BCUT2D eigenvalue weighted by molar-refractivity contribution is 6.31. The van der Waals surface area contributed by atoms with E-state index in [-0.39, 0.29) is 42.9 Å². The maximum absolute atomic E-state index is 12.9. The van der Waals surface area contributed by atoms with Crippen molar-refractivity contribution in [3.63, 3.8) is 0 Å². The Hall–Kier alpha value is -2.31. The van der Waals surface area contributed by atoms with Gasteiger partial charge in [0.25, 0.3) is 0 Å². The van der Waals surface area contributed by atoms with Gasteiger partial charge in [0.2, 0.25) is 0 Å². The average molecular weight is 493 g/mol. The number of amides is 1. The standard InChI is InChI=1S/C24H22ClN3O2.2ClH/c25-22-9-10-26-13-20(22)23-14-28(12-11-27-23)24(29)30-15-21-18-7-3-1-5-16(18)17-6-2-4-8-19(17)21;;/h1-10,13,21,23,27H,11-12,14-15H2;2*1H. The molecule has 1 N–H and O–H groups in total. The molecular weight excluding hydrogens is 469 g/mol. The van der Waals surface area contributed by atoms with Gasteiger partial charge in [-0.05, 0) is 28.3 Å². The first kappa shape index (κ1) is 24.3. The fraction of sp³-hybridized carbons (Fsp3) is 0.250. The topological polar surface area (TPSA) is 54.5 Å². The number of nitrogens with zero attached hydrogens (tertiary/aromatic N) is 2. The Labute approximate surface area is 205 Å². The van der Waals surface area contributed by atoms with Gasteiger partial charge in [-0.2, -0.15) is 0 Å². The zero-order chi connectivity index (χ0) is 20.5. The molecule has 32 heavy (non-hydrogen) atoms. The number of piperazine rings is 1. The first-order chi connectivity index (χ1) is 14.7. The first-order valence-electron chi connectivity index (χ1n) is 10.1. The van der Waals surface area contributed by atoms with Crippen LogP contribution in [0, 0.1) is 0 Å². The van der Waals surface area contributed by atoms with Gasteiger partial charge >= 0.3 is 6.09 Å².